The molecule has 3 heterocycles. The van der Waals surface area contributed by atoms with Gasteiger partial charge in [-0.15, -0.1) is 0 Å². The van der Waals surface area contributed by atoms with E-state index in [1.165, 1.54) is 12.8 Å². The molecule has 2 aromatic carbocycles. The number of fused-ring (bicyclic) bond motifs is 4. The second-order valence-electron chi connectivity index (χ2n) is 7.16. The van der Waals surface area contributed by atoms with Crippen LogP contribution in [0.5, 0.6) is 11.5 Å². The molecule has 2 bridgehead atoms. The normalized spacial score (nSPS) is 23.3. The minimum Gasteiger partial charge on any atom is -0.457 e. The lowest BCUT2D eigenvalue weighted by Gasteiger charge is -2.32. The van der Waals surface area contributed by atoms with E-state index >= 15 is 0 Å². The van der Waals surface area contributed by atoms with E-state index < -0.39 is 0 Å². The highest BCUT2D eigenvalue weighted by molar-refractivity contribution is 5.97. The first kappa shape index (κ1) is 16.2. The molecule has 130 valence electrons. The van der Waals surface area contributed by atoms with Gasteiger partial charge in [0.2, 0.25) is 0 Å². The standard InChI is InChI=1S/C21H24N2O2/c1-22-13-16-11-12-17(22)15-23(14-16)21(24)19-9-5-6-10-20(19)25-18-7-3-2-4-8-18/h2-10,16-17H,11-15H2,1H3. The summed E-state index contributed by atoms with van der Waals surface area (Å²) < 4.78 is 5.99. The third-order valence-electron chi connectivity index (χ3n) is 5.36. The molecule has 3 aliphatic rings. The van der Waals surface area contributed by atoms with Crippen LogP contribution in [-0.4, -0.2) is 48.4 Å². The third kappa shape index (κ3) is 3.40. The van der Waals surface area contributed by atoms with Crippen molar-refractivity contribution in [1.82, 2.24) is 9.80 Å². The number of ether oxygens (including phenoxy) is 1. The Labute approximate surface area is 149 Å². The van der Waals surface area contributed by atoms with Crippen molar-refractivity contribution in [2.45, 2.75) is 18.9 Å². The van der Waals surface area contributed by atoms with E-state index in [4.69, 9.17) is 4.74 Å². The average Bonchev–Trinajstić information content (AvgIpc) is 2.94. The monoisotopic (exact) mass is 336 g/mol. The first-order valence-corrected chi connectivity index (χ1v) is 9.02. The fourth-order valence-corrected chi connectivity index (χ4v) is 4.00. The summed E-state index contributed by atoms with van der Waals surface area (Å²) in [7, 11) is 2.18. The minimum atomic E-state index is 0.0822. The molecule has 4 heteroatoms. The van der Waals surface area contributed by atoms with E-state index in [9.17, 15) is 4.79 Å². The predicted octanol–water partition coefficient (Wildman–Crippen LogP) is 3.65. The maximum Gasteiger partial charge on any atom is 0.257 e. The number of para-hydroxylation sites is 2. The average molecular weight is 336 g/mol. The number of carbonyl (C=O) groups excluding carboxylic acids is 1. The largest absolute Gasteiger partial charge is 0.457 e. The fraction of sp³-hybridized carbons (Fsp3) is 0.381. The molecule has 0 N–H and O–H groups in total. The lowest BCUT2D eigenvalue weighted by atomic mass is 9.96. The maximum atomic E-state index is 13.2. The van der Waals surface area contributed by atoms with Crippen LogP contribution in [0.2, 0.25) is 0 Å². The van der Waals surface area contributed by atoms with Gasteiger partial charge in [-0.2, -0.15) is 0 Å². The number of rotatable bonds is 3. The number of nitrogens with zero attached hydrogens (tertiary/aromatic N) is 2. The van der Waals surface area contributed by atoms with Crippen LogP contribution in [0.25, 0.3) is 0 Å². The van der Waals surface area contributed by atoms with Crippen LogP contribution in [0, 0.1) is 5.92 Å². The van der Waals surface area contributed by atoms with E-state index in [-0.39, 0.29) is 5.91 Å². The molecule has 2 aromatic rings. The molecule has 3 aliphatic heterocycles. The Morgan fingerprint density at radius 3 is 2.52 bits per heavy atom. The van der Waals surface area contributed by atoms with E-state index in [2.05, 4.69) is 11.9 Å². The van der Waals surface area contributed by atoms with Crippen molar-refractivity contribution in [3.05, 3.63) is 60.2 Å². The summed E-state index contributed by atoms with van der Waals surface area (Å²) in [6, 6.07) is 17.7. The van der Waals surface area contributed by atoms with E-state index in [0.29, 0.717) is 23.3 Å². The molecule has 2 unspecified atom stereocenters. The molecule has 0 aliphatic carbocycles. The number of hydrogen-bond donors (Lipinski definition) is 0. The SMILES string of the molecule is CN1CC2CCC1CN(C(=O)c1ccccc1Oc1ccccc1)C2. The molecule has 0 saturated carbocycles. The Bertz CT molecular complexity index is 747. The van der Waals surface area contributed by atoms with Gasteiger partial charge in [-0.3, -0.25) is 4.79 Å². The zero-order valence-electron chi connectivity index (χ0n) is 14.6. The van der Waals surface area contributed by atoms with Gasteiger partial charge in [0.15, 0.2) is 0 Å². The molecule has 5 rings (SSSR count). The Kier molecular flexibility index (Phi) is 4.45. The Morgan fingerprint density at radius 1 is 0.960 bits per heavy atom. The van der Waals surface area contributed by atoms with Gasteiger partial charge in [0.25, 0.3) is 5.91 Å². The van der Waals surface area contributed by atoms with Crippen LogP contribution >= 0.6 is 0 Å². The molecule has 0 aromatic heterocycles. The summed E-state index contributed by atoms with van der Waals surface area (Å²) in [5.41, 5.74) is 0.648. The molecule has 3 saturated heterocycles. The Hall–Kier alpha value is -2.33. The first-order chi connectivity index (χ1) is 12.2. The minimum absolute atomic E-state index is 0.0822. The van der Waals surface area contributed by atoms with Gasteiger partial charge in [0, 0.05) is 25.7 Å². The molecule has 1 amide bonds. The van der Waals surface area contributed by atoms with Gasteiger partial charge in [-0.05, 0) is 50.1 Å². The summed E-state index contributed by atoms with van der Waals surface area (Å²) in [6.07, 6.45) is 2.41. The second kappa shape index (κ2) is 6.89. The molecule has 2 atom stereocenters. The lowest BCUT2D eigenvalue weighted by molar-refractivity contribution is 0.0740. The molecule has 0 radical (unpaired) electrons. The van der Waals surface area contributed by atoms with Crippen molar-refractivity contribution < 1.29 is 9.53 Å². The third-order valence-corrected chi connectivity index (χ3v) is 5.36. The summed E-state index contributed by atoms with van der Waals surface area (Å²) in [4.78, 5) is 17.7. The van der Waals surface area contributed by atoms with Crippen LogP contribution in [-0.2, 0) is 0 Å². The van der Waals surface area contributed by atoms with Crippen LogP contribution < -0.4 is 4.74 Å². The predicted molar refractivity (Wildman–Crippen MR) is 98.0 cm³/mol. The van der Waals surface area contributed by atoms with Crippen LogP contribution in [0.4, 0.5) is 0 Å². The van der Waals surface area contributed by atoms with Crippen molar-refractivity contribution in [2.24, 2.45) is 5.92 Å². The molecular weight excluding hydrogens is 312 g/mol. The highest BCUT2D eigenvalue weighted by Gasteiger charge is 2.35. The molecular formula is C21H24N2O2. The lowest BCUT2D eigenvalue weighted by Crippen LogP contribution is -2.41. The van der Waals surface area contributed by atoms with Gasteiger partial charge in [-0.1, -0.05) is 30.3 Å². The molecule has 0 spiro atoms. The number of piperidine rings is 1. The number of hydrogen-bond acceptors (Lipinski definition) is 3. The first-order valence-electron chi connectivity index (χ1n) is 9.02. The van der Waals surface area contributed by atoms with Crippen LogP contribution in [0.3, 0.4) is 0 Å². The highest BCUT2D eigenvalue weighted by atomic mass is 16.5. The Morgan fingerprint density at radius 2 is 1.72 bits per heavy atom. The summed E-state index contributed by atoms with van der Waals surface area (Å²) in [5, 5.41) is 0. The van der Waals surface area contributed by atoms with Crippen LogP contribution in [0.15, 0.2) is 54.6 Å². The Balaban J connectivity index is 1.58. The molecule has 3 fully saturated rings. The number of likely N-dealkylation sites (N-methyl/N-ethyl adjacent to an activating group) is 1. The van der Waals surface area contributed by atoms with Crippen molar-refractivity contribution in [2.75, 3.05) is 26.7 Å². The van der Waals surface area contributed by atoms with Gasteiger partial charge in [-0.25, -0.2) is 0 Å². The highest BCUT2D eigenvalue weighted by Crippen LogP contribution is 2.30. The quantitative estimate of drug-likeness (QED) is 0.858. The van der Waals surface area contributed by atoms with Gasteiger partial charge < -0.3 is 14.5 Å². The summed E-state index contributed by atoms with van der Waals surface area (Å²) in [6.45, 7) is 2.75. The van der Waals surface area contributed by atoms with Crippen molar-refractivity contribution >= 4 is 5.91 Å². The van der Waals surface area contributed by atoms with Crippen molar-refractivity contribution in [3.8, 4) is 11.5 Å². The van der Waals surface area contributed by atoms with Crippen molar-refractivity contribution in [3.63, 3.8) is 0 Å². The zero-order chi connectivity index (χ0) is 17.2. The number of amides is 1. The van der Waals surface area contributed by atoms with Gasteiger partial charge in [0.05, 0.1) is 5.56 Å². The smallest absolute Gasteiger partial charge is 0.257 e. The topological polar surface area (TPSA) is 32.8 Å². The van der Waals surface area contributed by atoms with Gasteiger partial charge in [0.1, 0.15) is 11.5 Å². The molecule has 4 nitrogen and oxygen atoms in total. The second-order valence-corrected chi connectivity index (χ2v) is 7.16. The number of carbonyl (C=O) groups is 1. The fourth-order valence-electron chi connectivity index (χ4n) is 4.00. The van der Waals surface area contributed by atoms with E-state index in [1.807, 2.05) is 59.5 Å². The van der Waals surface area contributed by atoms with Crippen LogP contribution in [0.1, 0.15) is 23.2 Å². The zero-order valence-corrected chi connectivity index (χ0v) is 14.6. The summed E-state index contributed by atoms with van der Waals surface area (Å²) >= 11 is 0. The van der Waals surface area contributed by atoms with Crippen molar-refractivity contribution in [1.29, 1.82) is 0 Å². The molecule has 25 heavy (non-hydrogen) atoms. The van der Waals surface area contributed by atoms with Gasteiger partial charge >= 0.3 is 0 Å². The van der Waals surface area contributed by atoms with E-state index in [1.54, 1.807) is 0 Å². The summed E-state index contributed by atoms with van der Waals surface area (Å²) in [5.74, 6) is 2.04. The van der Waals surface area contributed by atoms with E-state index in [0.717, 1.165) is 25.4 Å². The maximum absolute atomic E-state index is 13.2. The number of benzene rings is 2.